The van der Waals surface area contributed by atoms with Gasteiger partial charge in [0.2, 0.25) is 11.8 Å². The first-order chi connectivity index (χ1) is 10.5. The molecule has 2 atom stereocenters. The maximum absolute atomic E-state index is 12.4. The molecule has 1 heterocycles. The number of aliphatic carboxylic acids is 1. The van der Waals surface area contributed by atoms with Gasteiger partial charge in [-0.1, -0.05) is 12.8 Å². The van der Waals surface area contributed by atoms with E-state index >= 15 is 0 Å². The molecule has 1 saturated heterocycles. The molecule has 3 aliphatic rings. The standard InChI is InChI=1S/C16H24N2O4/c19-14(17-13(16(21)22)8-10-3-4-10)12-2-1-7-18(9-12)15(20)11-5-6-11/h10-13H,1-9H2,(H,17,19)(H,21,22). The van der Waals surface area contributed by atoms with Crippen LogP contribution in [0.5, 0.6) is 0 Å². The SMILES string of the molecule is O=C(NC(CC1CC1)C(=O)O)C1CCCN(C(=O)C2CC2)C1. The maximum Gasteiger partial charge on any atom is 0.326 e. The van der Waals surface area contributed by atoms with Gasteiger partial charge in [-0.25, -0.2) is 4.79 Å². The van der Waals surface area contributed by atoms with Crippen molar-refractivity contribution in [3.05, 3.63) is 0 Å². The summed E-state index contributed by atoms with van der Waals surface area (Å²) in [5.74, 6) is -0.643. The summed E-state index contributed by atoms with van der Waals surface area (Å²) in [5.41, 5.74) is 0. The van der Waals surface area contributed by atoms with Crippen LogP contribution < -0.4 is 5.32 Å². The van der Waals surface area contributed by atoms with Crippen molar-refractivity contribution >= 4 is 17.8 Å². The minimum absolute atomic E-state index is 0.170. The first kappa shape index (κ1) is 15.3. The molecule has 2 aliphatic carbocycles. The van der Waals surface area contributed by atoms with E-state index in [1.165, 1.54) is 0 Å². The lowest BCUT2D eigenvalue weighted by molar-refractivity contribution is -0.144. The molecule has 6 heteroatoms. The molecule has 2 saturated carbocycles. The quantitative estimate of drug-likeness (QED) is 0.766. The van der Waals surface area contributed by atoms with E-state index in [1.54, 1.807) is 4.90 Å². The van der Waals surface area contributed by atoms with Crippen molar-refractivity contribution in [3.8, 4) is 0 Å². The average molecular weight is 308 g/mol. The van der Waals surface area contributed by atoms with Gasteiger partial charge in [-0.2, -0.15) is 0 Å². The third kappa shape index (κ3) is 3.78. The maximum atomic E-state index is 12.4. The molecular formula is C16H24N2O4. The Bertz CT molecular complexity index is 471. The van der Waals surface area contributed by atoms with Gasteiger partial charge in [0.1, 0.15) is 6.04 Å². The normalized spacial score (nSPS) is 26.4. The number of hydrogen-bond acceptors (Lipinski definition) is 3. The number of rotatable bonds is 6. The van der Waals surface area contributed by atoms with E-state index in [1.807, 2.05) is 0 Å². The number of carboxylic acid groups (broad SMARTS) is 1. The number of carbonyl (C=O) groups is 3. The minimum Gasteiger partial charge on any atom is -0.480 e. The number of likely N-dealkylation sites (tertiary alicyclic amines) is 1. The Morgan fingerprint density at radius 3 is 2.41 bits per heavy atom. The highest BCUT2D eigenvalue weighted by Crippen LogP contribution is 2.34. The zero-order chi connectivity index (χ0) is 15.7. The number of piperidine rings is 1. The Kier molecular flexibility index (Phi) is 4.36. The largest absolute Gasteiger partial charge is 0.480 e. The summed E-state index contributed by atoms with van der Waals surface area (Å²) in [6.07, 6.45) is 6.13. The van der Waals surface area contributed by atoms with E-state index in [0.717, 1.165) is 45.1 Å². The highest BCUT2D eigenvalue weighted by Gasteiger charge is 2.38. The van der Waals surface area contributed by atoms with E-state index in [2.05, 4.69) is 5.32 Å². The molecule has 1 aliphatic heterocycles. The fraction of sp³-hybridized carbons (Fsp3) is 0.812. The van der Waals surface area contributed by atoms with Crippen molar-refractivity contribution in [3.63, 3.8) is 0 Å². The van der Waals surface area contributed by atoms with E-state index in [0.29, 0.717) is 18.9 Å². The molecule has 3 fully saturated rings. The second-order valence-electron chi connectivity index (χ2n) is 6.98. The molecule has 0 bridgehead atoms. The van der Waals surface area contributed by atoms with Crippen molar-refractivity contribution in [1.29, 1.82) is 0 Å². The summed E-state index contributed by atoms with van der Waals surface area (Å²) in [6.45, 7) is 1.17. The van der Waals surface area contributed by atoms with Crippen molar-refractivity contribution in [1.82, 2.24) is 10.2 Å². The average Bonchev–Trinajstić information content (AvgIpc) is 3.38. The Morgan fingerprint density at radius 2 is 1.82 bits per heavy atom. The molecule has 122 valence electrons. The Balaban J connectivity index is 1.53. The molecule has 2 unspecified atom stereocenters. The topological polar surface area (TPSA) is 86.7 Å². The van der Waals surface area contributed by atoms with Gasteiger partial charge < -0.3 is 15.3 Å². The van der Waals surface area contributed by atoms with Gasteiger partial charge in [0.05, 0.1) is 5.92 Å². The Morgan fingerprint density at radius 1 is 1.09 bits per heavy atom. The third-order valence-electron chi connectivity index (χ3n) is 4.91. The number of carboxylic acids is 1. The minimum atomic E-state index is -0.957. The van der Waals surface area contributed by atoms with Crippen LogP contribution in [-0.4, -0.2) is 46.9 Å². The highest BCUT2D eigenvalue weighted by atomic mass is 16.4. The molecule has 0 aromatic rings. The zero-order valence-corrected chi connectivity index (χ0v) is 12.8. The summed E-state index contributed by atoms with van der Waals surface area (Å²) in [6, 6.07) is -0.783. The summed E-state index contributed by atoms with van der Waals surface area (Å²) < 4.78 is 0. The monoisotopic (exact) mass is 308 g/mol. The zero-order valence-electron chi connectivity index (χ0n) is 12.8. The second kappa shape index (κ2) is 6.26. The fourth-order valence-electron chi connectivity index (χ4n) is 3.18. The van der Waals surface area contributed by atoms with Crippen molar-refractivity contribution in [2.75, 3.05) is 13.1 Å². The molecule has 6 nitrogen and oxygen atoms in total. The third-order valence-corrected chi connectivity index (χ3v) is 4.91. The van der Waals surface area contributed by atoms with Crippen molar-refractivity contribution in [2.45, 2.75) is 51.0 Å². The number of hydrogen-bond donors (Lipinski definition) is 2. The molecule has 0 radical (unpaired) electrons. The Hall–Kier alpha value is -1.59. The lowest BCUT2D eigenvalue weighted by Crippen LogP contribution is -2.49. The van der Waals surface area contributed by atoms with Gasteiger partial charge in [0.25, 0.3) is 0 Å². The molecule has 2 N–H and O–H groups in total. The lowest BCUT2D eigenvalue weighted by Gasteiger charge is -2.32. The number of nitrogens with one attached hydrogen (secondary N) is 1. The predicted molar refractivity (Wildman–Crippen MR) is 78.9 cm³/mol. The second-order valence-corrected chi connectivity index (χ2v) is 6.98. The fourth-order valence-corrected chi connectivity index (χ4v) is 3.18. The molecule has 2 amide bonds. The highest BCUT2D eigenvalue weighted by molar-refractivity contribution is 5.86. The first-order valence-corrected chi connectivity index (χ1v) is 8.36. The number of nitrogens with zero attached hydrogens (tertiary/aromatic N) is 1. The van der Waals surface area contributed by atoms with Crippen LogP contribution in [0.3, 0.4) is 0 Å². The van der Waals surface area contributed by atoms with Gasteiger partial charge in [0.15, 0.2) is 0 Å². The van der Waals surface area contributed by atoms with Crippen LogP contribution >= 0.6 is 0 Å². The van der Waals surface area contributed by atoms with Crippen LogP contribution in [0.2, 0.25) is 0 Å². The lowest BCUT2D eigenvalue weighted by atomic mass is 9.96. The van der Waals surface area contributed by atoms with Crippen LogP contribution in [0.15, 0.2) is 0 Å². The van der Waals surface area contributed by atoms with Crippen LogP contribution in [0.1, 0.15) is 44.9 Å². The van der Waals surface area contributed by atoms with Crippen LogP contribution in [0.25, 0.3) is 0 Å². The summed E-state index contributed by atoms with van der Waals surface area (Å²) in [7, 11) is 0. The molecule has 0 aromatic heterocycles. The number of carbonyl (C=O) groups excluding carboxylic acids is 2. The summed E-state index contributed by atoms with van der Waals surface area (Å²) in [5, 5.41) is 11.9. The van der Waals surface area contributed by atoms with Crippen LogP contribution in [-0.2, 0) is 14.4 Å². The number of amides is 2. The van der Waals surface area contributed by atoms with Gasteiger partial charge in [-0.15, -0.1) is 0 Å². The van der Waals surface area contributed by atoms with E-state index in [4.69, 9.17) is 0 Å². The van der Waals surface area contributed by atoms with E-state index in [-0.39, 0.29) is 23.7 Å². The van der Waals surface area contributed by atoms with E-state index in [9.17, 15) is 19.5 Å². The van der Waals surface area contributed by atoms with Gasteiger partial charge in [-0.05, 0) is 38.0 Å². The summed E-state index contributed by atoms with van der Waals surface area (Å²) >= 11 is 0. The predicted octanol–water partition coefficient (Wildman–Crippen LogP) is 1.00. The molecular weight excluding hydrogens is 284 g/mol. The van der Waals surface area contributed by atoms with Crippen molar-refractivity contribution < 1.29 is 19.5 Å². The molecule has 22 heavy (non-hydrogen) atoms. The Labute approximate surface area is 130 Å². The first-order valence-electron chi connectivity index (χ1n) is 8.36. The smallest absolute Gasteiger partial charge is 0.326 e. The summed E-state index contributed by atoms with van der Waals surface area (Å²) in [4.78, 5) is 37.5. The van der Waals surface area contributed by atoms with E-state index < -0.39 is 12.0 Å². The molecule has 3 rings (SSSR count). The van der Waals surface area contributed by atoms with Gasteiger partial charge in [-0.3, -0.25) is 9.59 Å². The molecule has 0 aromatic carbocycles. The van der Waals surface area contributed by atoms with Gasteiger partial charge >= 0.3 is 5.97 Å². The van der Waals surface area contributed by atoms with Crippen molar-refractivity contribution in [2.24, 2.45) is 17.8 Å². The molecule has 0 spiro atoms. The van der Waals surface area contributed by atoms with Crippen LogP contribution in [0.4, 0.5) is 0 Å². The van der Waals surface area contributed by atoms with Gasteiger partial charge in [0, 0.05) is 19.0 Å². The van der Waals surface area contributed by atoms with Crippen LogP contribution in [0, 0.1) is 17.8 Å².